The summed E-state index contributed by atoms with van der Waals surface area (Å²) >= 11 is 0. The smallest absolute Gasteiger partial charge is 0.119 e. The molecule has 1 unspecified atom stereocenters. The van der Waals surface area contributed by atoms with Crippen LogP contribution in [0.4, 0.5) is 0 Å². The standard InChI is InChI=1S/C19H21N3O2/c1-24-18-4-2-3-16(11-18)19(23)13-21-12-15-5-7-17(8-6-15)22-10-9-20-14-22/h2-11,14,19,21,23H,12-13H2,1H3. The molecule has 0 spiro atoms. The van der Waals surface area contributed by atoms with Crippen LogP contribution in [-0.4, -0.2) is 28.3 Å². The lowest BCUT2D eigenvalue weighted by Crippen LogP contribution is -2.21. The predicted octanol–water partition coefficient (Wildman–Crippen LogP) is 2.70. The number of ether oxygens (including phenoxy) is 1. The number of rotatable bonds is 7. The van der Waals surface area contributed by atoms with Gasteiger partial charge in [0.25, 0.3) is 0 Å². The molecule has 1 heterocycles. The van der Waals surface area contributed by atoms with E-state index < -0.39 is 6.10 Å². The molecular formula is C19H21N3O2. The lowest BCUT2D eigenvalue weighted by molar-refractivity contribution is 0.174. The van der Waals surface area contributed by atoms with E-state index in [1.54, 1.807) is 19.6 Å². The topological polar surface area (TPSA) is 59.3 Å². The van der Waals surface area contributed by atoms with E-state index in [0.29, 0.717) is 13.1 Å². The van der Waals surface area contributed by atoms with Crippen LogP contribution in [0.1, 0.15) is 17.2 Å². The number of aliphatic hydroxyl groups excluding tert-OH is 1. The molecule has 3 rings (SSSR count). The average Bonchev–Trinajstić information content (AvgIpc) is 3.17. The molecule has 3 aromatic rings. The van der Waals surface area contributed by atoms with E-state index >= 15 is 0 Å². The van der Waals surface area contributed by atoms with Crippen LogP contribution in [0.2, 0.25) is 0 Å². The van der Waals surface area contributed by atoms with Crippen LogP contribution in [-0.2, 0) is 6.54 Å². The van der Waals surface area contributed by atoms with Gasteiger partial charge in [0.1, 0.15) is 5.75 Å². The second-order valence-electron chi connectivity index (χ2n) is 5.56. The molecule has 0 aliphatic carbocycles. The maximum Gasteiger partial charge on any atom is 0.119 e. The van der Waals surface area contributed by atoms with Gasteiger partial charge in [-0.05, 0) is 35.4 Å². The first-order valence-electron chi connectivity index (χ1n) is 7.86. The second kappa shape index (κ2) is 7.77. The van der Waals surface area contributed by atoms with Crippen LogP contribution < -0.4 is 10.1 Å². The Balaban J connectivity index is 1.52. The van der Waals surface area contributed by atoms with Crippen molar-refractivity contribution in [3.63, 3.8) is 0 Å². The van der Waals surface area contributed by atoms with Crippen molar-refractivity contribution in [3.05, 3.63) is 78.4 Å². The number of hydrogen-bond donors (Lipinski definition) is 2. The highest BCUT2D eigenvalue weighted by atomic mass is 16.5. The summed E-state index contributed by atoms with van der Waals surface area (Å²) in [5, 5.41) is 13.5. The monoisotopic (exact) mass is 323 g/mol. The Morgan fingerprint density at radius 1 is 1.21 bits per heavy atom. The summed E-state index contributed by atoms with van der Waals surface area (Å²) < 4.78 is 7.14. The van der Waals surface area contributed by atoms with E-state index in [1.807, 2.05) is 35.0 Å². The largest absolute Gasteiger partial charge is 0.497 e. The van der Waals surface area contributed by atoms with Crippen LogP contribution in [0.15, 0.2) is 67.3 Å². The van der Waals surface area contributed by atoms with Crippen molar-refractivity contribution < 1.29 is 9.84 Å². The zero-order valence-corrected chi connectivity index (χ0v) is 13.6. The molecule has 0 saturated carbocycles. The van der Waals surface area contributed by atoms with E-state index in [4.69, 9.17) is 4.74 Å². The Bertz CT molecular complexity index is 755. The lowest BCUT2D eigenvalue weighted by atomic mass is 10.1. The molecule has 0 bridgehead atoms. The molecule has 0 aliphatic rings. The minimum Gasteiger partial charge on any atom is -0.497 e. The Morgan fingerprint density at radius 3 is 2.75 bits per heavy atom. The molecule has 2 N–H and O–H groups in total. The quantitative estimate of drug-likeness (QED) is 0.702. The molecule has 124 valence electrons. The fraction of sp³-hybridized carbons (Fsp3) is 0.211. The van der Waals surface area contributed by atoms with E-state index in [-0.39, 0.29) is 0 Å². The van der Waals surface area contributed by atoms with Crippen LogP contribution in [0, 0.1) is 0 Å². The highest BCUT2D eigenvalue weighted by molar-refractivity contribution is 5.34. The van der Waals surface area contributed by atoms with Crippen LogP contribution in [0.3, 0.4) is 0 Å². The van der Waals surface area contributed by atoms with Crippen molar-refractivity contribution in [2.24, 2.45) is 0 Å². The number of nitrogens with zero attached hydrogens (tertiary/aromatic N) is 2. The van der Waals surface area contributed by atoms with Crippen LogP contribution in [0.25, 0.3) is 5.69 Å². The van der Waals surface area contributed by atoms with Gasteiger partial charge in [-0.3, -0.25) is 0 Å². The number of imidazole rings is 1. The van der Waals surface area contributed by atoms with Gasteiger partial charge in [0.05, 0.1) is 19.5 Å². The van der Waals surface area contributed by atoms with Crippen molar-refractivity contribution >= 4 is 0 Å². The molecular weight excluding hydrogens is 302 g/mol. The van der Waals surface area contributed by atoms with Gasteiger partial charge in [-0.25, -0.2) is 4.98 Å². The first kappa shape index (κ1) is 16.2. The maximum absolute atomic E-state index is 10.3. The van der Waals surface area contributed by atoms with Crippen molar-refractivity contribution in [2.45, 2.75) is 12.6 Å². The zero-order valence-electron chi connectivity index (χ0n) is 13.6. The van der Waals surface area contributed by atoms with Gasteiger partial charge in [-0.15, -0.1) is 0 Å². The van der Waals surface area contributed by atoms with Gasteiger partial charge in [0.2, 0.25) is 0 Å². The Morgan fingerprint density at radius 2 is 2.04 bits per heavy atom. The van der Waals surface area contributed by atoms with Crippen molar-refractivity contribution in [1.29, 1.82) is 0 Å². The Hall–Kier alpha value is -2.63. The zero-order chi connectivity index (χ0) is 16.8. The summed E-state index contributed by atoms with van der Waals surface area (Å²) in [6, 6.07) is 15.7. The molecule has 0 saturated heterocycles. The first-order chi connectivity index (χ1) is 11.8. The summed E-state index contributed by atoms with van der Waals surface area (Å²) in [7, 11) is 1.62. The van der Waals surface area contributed by atoms with Crippen LogP contribution >= 0.6 is 0 Å². The summed E-state index contributed by atoms with van der Waals surface area (Å²) in [6.45, 7) is 1.18. The molecule has 0 radical (unpaired) electrons. The van der Waals surface area contributed by atoms with Gasteiger partial charge >= 0.3 is 0 Å². The summed E-state index contributed by atoms with van der Waals surface area (Å²) in [6.07, 6.45) is 4.88. The second-order valence-corrected chi connectivity index (χ2v) is 5.56. The Labute approximate surface area is 141 Å². The highest BCUT2D eigenvalue weighted by Crippen LogP contribution is 2.18. The number of aromatic nitrogens is 2. The molecule has 1 atom stereocenters. The highest BCUT2D eigenvalue weighted by Gasteiger charge is 2.08. The van der Waals surface area contributed by atoms with E-state index in [9.17, 15) is 5.11 Å². The normalized spacial score (nSPS) is 12.1. The number of methoxy groups -OCH3 is 1. The lowest BCUT2D eigenvalue weighted by Gasteiger charge is -2.13. The molecule has 2 aromatic carbocycles. The molecule has 24 heavy (non-hydrogen) atoms. The van der Waals surface area contributed by atoms with Gasteiger partial charge < -0.3 is 19.7 Å². The van der Waals surface area contributed by atoms with Crippen molar-refractivity contribution in [1.82, 2.24) is 14.9 Å². The summed E-state index contributed by atoms with van der Waals surface area (Å²) in [5.41, 5.74) is 3.08. The van der Waals surface area contributed by atoms with Crippen molar-refractivity contribution in [2.75, 3.05) is 13.7 Å². The van der Waals surface area contributed by atoms with Gasteiger partial charge in [-0.1, -0.05) is 24.3 Å². The maximum atomic E-state index is 10.3. The van der Waals surface area contributed by atoms with Gasteiger partial charge in [0.15, 0.2) is 0 Å². The Kier molecular flexibility index (Phi) is 5.25. The fourth-order valence-corrected chi connectivity index (χ4v) is 2.52. The van der Waals surface area contributed by atoms with Gasteiger partial charge in [-0.2, -0.15) is 0 Å². The first-order valence-corrected chi connectivity index (χ1v) is 7.86. The summed E-state index contributed by atoms with van der Waals surface area (Å²) in [4.78, 5) is 4.04. The number of hydrogen-bond acceptors (Lipinski definition) is 4. The summed E-state index contributed by atoms with van der Waals surface area (Å²) in [5.74, 6) is 0.752. The van der Waals surface area contributed by atoms with E-state index in [2.05, 4.69) is 34.6 Å². The SMILES string of the molecule is COc1cccc(C(O)CNCc2ccc(-n3ccnc3)cc2)c1. The molecule has 0 amide bonds. The minimum atomic E-state index is -0.565. The molecule has 5 nitrogen and oxygen atoms in total. The number of nitrogens with one attached hydrogen (secondary N) is 1. The van der Waals surface area contributed by atoms with E-state index in [1.165, 1.54) is 0 Å². The molecule has 1 aromatic heterocycles. The van der Waals surface area contributed by atoms with Crippen LogP contribution in [0.5, 0.6) is 5.75 Å². The number of benzene rings is 2. The molecule has 0 fully saturated rings. The third-order valence-corrected chi connectivity index (χ3v) is 3.88. The average molecular weight is 323 g/mol. The number of aliphatic hydroxyl groups is 1. The van der Waals surface area contributed by atoms with Crippen molar-refractivity contribution in [3.8, 4) is 11.4 Å². The predicted molar refractivity (Wildman–Crippen MR) is 93.2 cm³/mol. The van der Waals surface area contributed by atoms with E-state index in [0.717, 1.165) is 22.6 Å². The molecule has 5 heteroatoms. The van der Waals surface area contributed by atoms with Gasteiger partial charge in [0, 0.05) is 31.2 Å². The fourth-order valence-electron chi connectivity index (χ4n) is 2.52. The minimum absolute atomic E-state index is 0.483. The third kappa shape index (κ3) is 4.01. The molecule has 0 aliphatic heterocycles. The third-order valence-electron chi connectivity index (χ3n) is 3.88.